The Bertz CT molecular complexity index is 758. The molecule has 1 unspecified atom stereocenters. The third-order valence-corrected chi connectivity index (χ3v) is 4.72. The number of aromatic nitrogens is 4. The topological polar surface area (TPSA) is 55.6 Å². The first-order valence-electron chi connectivity index (χ1n) is 7.29. The van der Waals surface area contributed by atoms with E-state index in [1.807, 2.05) is 18.3 Å². The van der Waals surface area contributed by atoms with Crippen LogP contribution in [0.1, 0.15) is 31.4 Å². The Balaban J connectivity index is 1.48. The van der Waals surface area contributed by atoms with Gasteiger partial charge < -0.3 is 5.32 Å². The van der Waals surface area contributed by atoms with Gasteiger partial charge in [0.25, 0.3) is 0 Å². The van der Waals surface area contributed by atoms with E-state index in [2.05, 4.69) is 43.0 Å². The predicted molar refractivity (Wildman–Crippen MR) is 84.4 cm³/mol. The second-order valence-electron chi connectivity index (χ2n) is 5.69. The van der Waals surface area contributed by atoms with E-state index in [4.69, 9.17) is 0 Å². The van der Waals surface area contributed by atoms with Gasteiger partial charge in [-0.25, -0.2) is 0 Å². The minimum Gasteiger partial charge on any atom is -0.378 e. The van der Waals surface area contributed by atoms with Crippen molar-refractivity contribution in [1.82, 2.24) is 18.5 Å². The number of hydrogen-bond donors (Lipinski definition) is 1. The molecule has 0 spiro atoms. The number of nitrogens with one attached hydrogen (secondary N) is 1. The van der Waals surface area contributed by atoms with Crippen LogP contribution in [0.15, 0.2) is 30.6 Å². The molecular weight excluding hydrogens is 282 g/mol. The molecule has 0 amide bonds. The van der Waals surface area contributed by atoms with Gasteiger partial charge in [-0.2, -0.15) is 13.8 Å². The van der Waals surface area contributed by atoms with Gasteiger partial charge >= 0.3 is 0 Å². The first kappa shape index (κ1) is 12.8. The second-order valence-corrected chi connectivity index (χ2v) is 6.22. The third kappa shape index (κ3) is 2.51. The first-order valence-corrected chi connectivity index (χ1v) is 8.02. The van der Waals surface area contributed by atoms with Gasteiger partial charge in [0.2, 0.25) is 0 Å². The van der Waals surface area contributed by atoms with Gasteiger partial charge in [0.05, 0.1) is 29.7 Å². The van der Waals surface area contributed by atoms with Crippen molar-refractivity contribution >= 4 is 28.4 Å². The molecular formula is C15H17N5S. The van der Waals surface area contributed by atoms with Crippen LogP contribution in [-0.4, -0.2) is 18.5 Å². The van der Waals surface area contributed by atoms with E-state index in [9.17, 15) is 0 Å². The van der Waals surface area contributed by atoms with E-state index in [1.54, 1.807) is 0 Å². The molecule has 3 aromatic rings. The van der Waals surface area contributed by atoms with Crippen molar-refractivity contribution in [2.75, 3.05) is 5.32 Å². The molecule has 1 fully saturated rings. The lowest BCUT2D eigenvalue weighted by Gasteiger charge is -2.09. The molecule has 1 aliphatic carbocycles. The maximum Gasteiger partial charge on any atom is 0.109 e. The fraction of sp³-hybridized carbons (Fsp3) is 0.400. The van der Waals surface area contributed by atoms with Gasteiger partial charge in [-0.3, -0.25) is 4.68 Å². The monoisotopic (exact) mass is 299 g/mol. The number of fused-ring (bicyclic) bond motifs is 1. The van der Waals surface area contributed by atoms with Crippen LogP contribution in [-0.2, 0) is 6.54 Å². The van der Waals surface area contributed by atoms with Crippen molar-refractivity contribution in [3.05, 3.63) is 36.2 Å². The minimum atomic E-state index is 0.506. The largest absolute Gasteiger partial charge is 0.378 e. The number of rotatable bonds is 5. The zero-order valence-electron chi connectivity index (χ0n) is 11.9. The Kier molecular flexibility index (Phi) is 3.11. The van der Waals surface area contributed by atoms with Crippen molar-refractivity contribution in [3.63, 3.8) is 0 Å². The summed E-state index contributed by atoms with van der Waals surface area (Å²) in [6.45, 7) is 2.99. The van der Waals surface area contributed by atoms with Gasteiger partial charge in [0, 0.05) is 18.3 Å². The summed E-state index contributed by atoms with van der Waals surface area (Å²) >= 11 is 1.26. The molecule has 108 valence electrons. The second kappa shape index (κ2) is 5.11. The highest BCUT2D eigenvalue weighted by atomic mass is 32.1. The van der Waals surface area contributed by atoms with Crippen LogP contribution in [0.4, 0.5) is 5.69 Å². The van der Waals surface area contributed by atoms with Gasteiger partial charge in [-0.1, -0.05) is 12.1 Å². The molecule has 2 aromatic heterocycles. The summed E-state index contributed by atoms with van der Waals surface area (Å²) in [4.78, 5) is 0. The van der Waals surface area contributed by atoms with E-state index in [0.29, 0.717) is 6.04 Å². The molecule has 1 saturated carbocycles. The van der Waals surface area contributed by atoms with Crippen molar-refractivity contribution in [1.29, 1.82) is 0 Å². The molecule has 0 aliphatic heterocycles. The van der Waals surface area contributed by atoms with Crippen molar-refractivity contribution in [2.24, 2.45) is 5.92 Å². The molecule has 0 bridgehead atoms. The van der Waals surface area contributed by atoms with Crippen molar-refractivity contribution in [3.8, 4) is 0 Å². The highest BCUT2D eigenvalue weighted by Gasteiger charge is 2.29. The Hall–Kier alpha value is -1.95. The van der Waals surface area contributed by atoms with Crippen LogP contribution in [0.25, 0.3) is 11.0 Å². The van der Waals surface area contributed by atoms with Gasteiger partial charge in [-0.05, 0) is 31.7 Å². The quantitative estimate of drug-likeness (QED) is 0.783. The smallest absolute Gasteiger partial charge is 0.109 e. The average Bonchev–Trinajstić information content (AvgIpc) is 3.05. The van der Waals surface area contributed by atoms with Crippen LogP contribution < -0.4 is 5.32 Å². The minimum absolute atomic E-state index is 0.506. The molecule has 0 saturated heterocycles. The van der Waals surface area contributed by atoms with Crippen LogP contribution >= 0.6 is 11.7 Å². The highest BCUT2D eigenvalue weighted by molar-refractivity contribution is 7.00. The summed E-state index contributed by atoms with van der Waals surface area (Å²) in [6, 6.07) is 6.62. The fourth-order valence-corrected chi connectivity index (χ4v) is 3.22. The van der Waals surface area contributed by atoms with Crippen molar-refractivity contribution < 1.29 is 0 Å². The molecule has 5 nitrogen and oxygen atoms in total. The number of hydrogen-bond acceptors (Lipinski definition) is 5. The van der Waals surface area contributed by atoms with Gasteiger partial charge in [0.15, 0.2) is 0 Å². The fourth-order valence-electron chi connectivity index (χ4n) is 2.65. The molecule has 1 aliphatic rings. The molecule has 2 heterocycles. The SMILES string of the molecule is CC(C1CC1)n1cc(NCc2cccc3nsnc23)cn1. The van der Waals surface area contributed by atoms with E-state index >= 15 is 0 Å². The molecule has 4 rings (SSSR count). The van der Waals surface area contributed by atoms with Gasteiger partial charge in [0.1, 0.15) is 11.0 Å². The average molecular weight is 299 g/mol. The summed E-state index contributed by atoms with van der Waals surface area (Å²) < 4.78 is 10.7. The van der Waals surface area contributed by atoms with Crippen LogP contribution in [0.3, 0.4) is 0 Å². The number of anilines is 1. The summed E-state index contributed by atoms with van der Waals surface area (Å²) in [5, 5.41) is 7.90. The lowest BCUT2D eigenvalue weighted by atomic mass is 10.2. The Morgan fingerprint density at radius 3 is 3.14 bits per heavy atom. The summed E-state index contributed by atoms with van der Waals surface area (Å²) in [6.07, 6.45) is 6.67. The van der Waals surface area contributed by atoms with Crippen molar-refractivity contribution in [2.45, 2.75) is 32.4 Å². The first-order chi connectivity index (χ1) is 10.3. The standard InChI is InChI=1S/C15H17N5S/c1-10(11-5-6-11)20-9-13(8-17-20)16-7-12-3-2-4-14-15(12)19-21-18-14/h2-4,8-11,16H,5-7H2,1H3. The maximum absolute atomic E-state index is 4.47. The zero-order valence-corrected chi connectivity index (χ0v) is 12.7. The summed E-state index contributed by atoms with van der Waals surface area (Å²) in [7, 11) is 0. The van der Waals surface area contributed by atoms with Crippen LogP contribution in [0.5, 0.6) is 0 Å². The predicted octanol–water partition coefficient (Wildman–Crippen LogP) is 3.47. The molecule has 0 radical (unpaired) electrons. The summed E-state index contributed by atoms with van der Waals surface area (Å²) in [5.41, 5.74) is 4.19. The molecule has 21 heavy (non-hydrogen) atoms. The van der Waals surface area contributed by atoms with E-state index in [-0.39, 0.29) is 0 Å². The third-order valence-electron chi connectivity index (χ3n) is 4.18. The number of nitrogens with zero attached hydrogens (tertiary/aromatic N) is 4. The Morgan fingerprint density at radius 2 is 2.29 bits per heavy atom. The maximum atomic E-state index is 4.47. The van der Waals surface area contributed by atoms with Crippen LogP contribution in [0.2, 0.25) is 0 Å². The molecule has 1 atom stereocenters. The Morgan fingerprint density at radius 1 is 1.38 bits per heavy atom. The van der Waals surface area contributed by atoms with E-state index < -0.39 is 0 Å². The lowest BCUT2D eigenvalue weighted by Crippen LogP contribution is -2.07. The van der Waals surface area contributed by atoms with Crippen LogP contribution in [0, 0.1) is 5.92 Å². The zero-order chi connectivity index (χ0) is 14.2. The normalized spacial score (nSPS) is 16.2. The molecule has 1 aromatic carbocycles. The molecule has 1 N–H and O–H groups in total. The summed E-state index contributed by atoms with van der Waals surface area (Å²) in [5.74, 6) is 0.813. The van der Waals surface area contributed by atoms with E-state index in [0.717, 1.165) is 29.2 Å². The lowest BCUT2D eigenvalue weighted by molar-refractivity contribution is 0.440. The van der Waals surface area contributed by atoms with E-state index in [1.165, 1.54) is 30.1 Å². The highest BCUT2D eigenvalue weighted by Crippen LogP contribution is 2.39. The number of benzene rings is 1. The van der Waals surface area contributed by atoms with Gasteiger partial charge in [-0.15, -0.1) is 0 Å². The Labute approximate surface area is 127 Å². The molecule has 6 heteroatoms.